The lowest BCUT2D eigenvalue weighted by Crippen LogP contribution is -1.96. The van der Waals surface area contributed by atoms with E-state index < -0.39 is 0 Å². The molecule has 0 aromatic heterocycles. The van der Waals surface area contributed by atoms with Crippen LogP contribution in [-0.4, -0.2) is 6.29 Å². The second kappa shape index (κ2) is 4.80. The Morgan fingerprint density at radius 1 is 1.38 bits per heavy atom. The lowest BCUT2D eigenvalue weighted by molar-refractivity contribution is 0.112. The number of unbranched alkanes of at least 4 members (excludes halogenated alkanes) is 1. The zero-order valence-electron chi connectivity index (χ0n) is 8.34. The zero-order chi connectivity index (χ0) is 9.68. The first-order chi connectivity index (χ1) is 6.29. The van der Waals surface area contributed by atoms with Crippen molar-refractivity contribution in [3.8, 4) is 0 Å². The molecule has 1 heteroatoms. The second-order valence-electron chi connectivity index (χ2n) is 3.36. The average Bonchev–Trinajstić information content (AvgIpc) is 2.15. The van der Waals surface area contributed by atoms with Gasteiger partial charge in [0.1, 0.15) is 6.29 Å². The van der Waals surface area contributed by atoms with Crippen LogP contribution in [0.15, 0.2) is 18.2 Å². The molecule has 0 N–H and O–H groups in total. The molecule has 0 aliphatic rings. The minimum Gasteiger partial charge on any atom is -0.298 e. The lowest BCUT2D eigenvalue weighted by atomic mass is 9.98. The van der Waals surface area contributed by atoms with Gasteiger partial charge in [-0.3, -0.25) is 4.79 Å². The predicted molar refractivity (Wildman–Crippen MR) is 55.2 cm³/mol. The SMILES string of the molecule is CCCCc1c(C)cccc1C=O. The third-order valence-corrected chi connectivity index (χ3v) is 2.35. The summed E-state index contributed by atoms with van der Waals surface area (Å²) in [5.74, 6) is 0. The van der Waals surface area contributed by atoms with E-state index in [0.717, 1.165) is 24.7 Å². The molecule has 0 fully saturated rings. The predicted octanol–water partition coefficient (Wildman–Crippen LogP) is 3.15. The van der Waals surface area contributed by atoms with Crippen LogP contribution in [0.3, 0.4) is 0 Å². The first kappa shape index (κ1) is 9.97. The van der Waals surface area contributed by atoms with Crippen LogP contribution >= 0.6 is 0 Å². The minimum absolute atomic E-state index is 0.855. The summed E-state index contributed by atoms with van der Waals surface area (Å²) in [5.41, 5.74) is 3.31. The van der Waals surface area contributed by atoms with Crippen LogP contribution in [-0.2, 0) is 6.42 Å². The van der Waals surface area contributed by atoms with Crippen molar-refractivity contribution < 1.29 is 4.79 Å². The average molecular weight is 176 g/mol. The quantitative estimate of drug-likeness (QED) is 0.644. The number of carbonyl (C=O) groups excluding carboxylic acids is 1. The van der Waals surface area contributed by atoms with Gasteiger partial charge in [-0.2, -0.15) is 0 Å². The Hall–Kier alpha value is -1.11. The molecule has 1 nitrogen and oxygen atoms in total. The Morgan fingerprint density at radius 2 is 2.15 bits per heavy atom. The van der Waals surface area contributed by atoms with Crippen molar-refractivity contribution in [3.05, 3.63) is 34.9 Å². The Labute approximate surface area is 79.8 Å². The van der Waals surface area contributed by atoms with Crippen molar-refractivity contribution >= 4 is 6.29 Å². The van der Waals surface area contributed by atoms with Crippen LogP contribution < -0.4 is 0 Å². The molecule has 0 amide bonds. The molecule has 0 bridgehead atoms. The summed E-state index contributed by atoms with van der Waals surface area (Å²) < 4.78 is 0. The summed E-state index contributed by atoms with van der Waals surface area (Å²) >= 11 is 0. The first-order valence-electron chi connectivity index (χ1n) is 4.83. The Balaban J connectivity index is 2.93. The van der Waals surface area contributed by atoms with Gasteiger partial charge in [-0.15, -0.1) is 0 Å². The van der Waals surface area contributed by atoms with Gasteiger partial charge < -0.3 is 0 Å². The van der Waals surface area contributed by atoms with Gasteiger partial charge in [0.05, 0.1) is 0 Å². The maximum atomic E-state index is 10.7. The number of rotatable bonds is 4. The molecule has 13 heavy (non-hydrogen) atoms. The highest BCUT2D eigenvalue weighted by atomic mass is 16.1. The second-order valence-corrected chi connectivity index (χ2v) is 3.36. The van der Waals surface area contributed by atoms with E-state index in [1.54, 1.807) is 0 Å². The molecule has 1 rings (SSSR count). The standard InChI is InChI=1S/C12H16O/c1-3-4-8-12-10(2)6-5-7-11(12)9-13/h5-7,9H,3-4,8H2,1-2H3. The number of hydrogen-bond acceptors (Lipinski definition) is 1. The molecular weight excluding hydrogens is 160 g/mol. The number of aldehydes is 1. The van der Waals surface area contributed by atoms with Gasteiger partial charge in [-0.1, -0.05) is 31.5 Å². The molecule has 0 saturated heterocycles. The summed E-state index contributed by atoms with van der Waals surface area (Å²) in [5, 5.41) is 0. The molecule has 70 valence electrons. The van der Waals surface area contributed by atoms with Crippen LogP contribution in [0.5, 0.6) is 0 Å². The number of carbonyl (C=O) groups is 1. The zero-order valence-corrected chi connectivity index (χ0v) is 8.34. The van der Waals surface area contributed by atoms with Gasteiger partial charge in [0.25, 0.3) is 0 Å². The van der Waals surface area contributed by atoms with E-state index >= 15 is 0 Å². The summed E-state index contributed by atoms with van der Waals surface area (Å²) in [6.45, 7) is 4.23. The van der Waals surface area contributed by atoms with E-state index in [4.69, 9.17) is 0 Å². The lowest BCUT2D eigenvalue weighted by Gasteiger charge is -2.07. The monoisotopic (exact) mass is 176 g/mol. The molecule has 0 radical (unpaired) electrons. The van der Waals surface area contributed by atoms with E-state index in [2.05, 4.69) is 19.9 Å². The molecule has 0 spiro atoms. The van der Waals surface area contributed by atoms with Crippen LogP contribution in [0.1, 0.15) is 41.3 Å². The summed E-state index contributed by atoms with van der Waals surface area (Å²) in [6, 6.07) is 5.90. The van der Waals surface area contributed by atoms with Gasteiger partial charge in [0.15, 0.2) is 0 Å². The van der Waals surface area contributed by atoms with E-state index in [-0.39, 0.29) is 0 Å². The van der Waals surface area contributed by atoms with Crippen LogP contribution in [0.2, 0.25) is 0 Å². The third-order valence-electron chi connectivity index (χ3n) is 2.35. The van der Waals surface area contributed by atoms with Gasteiger partial charge in [-0.25, -0.2) is 0 Å². The third kappa shape index (κ3) is 2.41. The molecule has 0 unspecified atom stereocenters. The smallest absolute Gasteiger partial charge is 0.150 e. The fraction of sp³-hybridized carbons (Fsp3) is 0.417. The Morgan fingerprint density at radius 3 is 2.77 bits per heavy atom. The van der Waals surface area contributed by atoms with E-state index in [1.165, 1.54) is 17.5 Å². The number of hydrogen-bond donors (Lipinski definition) is 0. The number of aryl methyl sites for hydroxylation is 1. The maximum Gasteiger partial charge on any atom is 0.150 e. The van der Waals surface area contributed by atoms with Crippen LogP contribution in [0.25, 0.3) is 0 Å². The molecular formula is C12H16O. The minimum atomic E-state index is 0.855. The summed E-state index contributed by atoms with van der Waals surface area (Å²) in [7, 11) is 0. The fourth-order valence-electron chi connectivity index (χ4n) is 1.53. The topological polar surface area (TPSA) is 17.1 Å². The van der Waals surface area contributed by atoms with Crippen molar-refractivity contribution in [1.82, 2.24) is 0 Å². The molecule has 0 aliphatic carbocycles. The largest absolute Gasteiger partial charge is 0.298 e. The van der Waals surface area contributed by atoms with Crippen LogP contribution in [0.4, 0.5) is 0 Å². The van der Waals surface area contributed by atoms with Crippen molar-refractivity contribution in [2.45, 2.75) is 33.1 Å². The van der Waals surface area contributed by atoms with Crippen molar-refractivity contribution in [2.24, 2.45) is 0 Å². The molecule has 0 atom stereocenters. The Kier molecular flexibility index (Phi) is 3.69. The highest BCUT2D eigenvalue weighted by molar-refractivity contribution is 5.77. The van der Waals surface area contributed by atoms with Gasteiger partial charge in [-0.05, 0) is 30.9 Å². The summed E-state index contributed by atoms with van der Waals surface area (Å²) in [6.07, 6.45) is 4.31. The Bertz CT molecular complexity index is 289. The van der Waals surface area contributed by atoms with E-state index in [0.29, 0.717) is 0 Å². The van der Waals surface area contributed by atoms with Crippen molar-refractivity contribution in [1.29, 1.82) is 0 Å². The highest BCUT2D eigenvalue weighted by Crippen LogP contribution is 2.15. The molecule has 1 aromatic rings. The van der Waals surface area contributed by atoms with Crippen LogP contribution in [0, 0.1) is 6.92 Å². The van der Waals surface area contributed by atoms with Crippen molar-refractivity contribution in [3.63, 3.8) is 0 Å². The fourth-order valence-corrected chi connectivity index (χ4v) is 1.53. The molecule has 0 heterocycles. The normalized spacial score (nSPS) is 10.0. The molecule has 1 aromatic carbocycles. The van der Waals surface area contributed by atoms with Gasteiger partial charge in [0.2, 0.25) is 0 Å². The van der Waals surface area contributed by atoms with E-state index in [1.807, 2.05) is 12.1 Å². The highest BCUT2D eigenvalue weighted by Gasteiger charge is 2.03. The van der Waals surface area contributed by atoms with Gasteiger partial charge in [0, 0.05) is 5.56 Å². The molecule has 0 saturated carbocycles. The first-order valence-corrected chi connectivity index (χ1v) is 4.83. The van der Waals surface area contributed by atoms with Crippen molar-refractivity contribution in [2.75, 3.05) is 0 Å². The van der Waals surface area contributed by atoms with E-state index in [9.17, 15) is 4.79 Å². The molecule has 0 aliphatic heterocycles. The number of benzene rings is 1. The summed E-state index contributed by atoms with van der Waals surface area (Å²) in [4.78, 5) is 10.7. The van der Waals surface area contributed by atoms with Gasteiger partial charge >= 0.3 is 0 Å². The maximum absolute atomic E-state index is 10.7.